The third-order valence-electron chi connectivity index (χ3n) is 3.50. The molecule has 1 amide bonds. The van der Waals surface area contributed by atoms with Crippen LogP contribution in [0, 0.1) is 0 Å². The van der Waals surface area contributed by atoms with Gasteiger partial charge in [0.15, 0.2) is 0 Å². The molecule has 0 unspecified atom stereocenters. The lowest BCUT2D eigenvalue weighted by Crippen LogP contribution is -2.69. The fourth-order valence-corrected chi connectivity index (χ4v) is 2.22. The maximum atomic E-state index is 14.1. The first-order valence-electron chi connectivity index (χ1n) is 6.59. The predicted octanol–water partition coefficient (Wildman–Crippen LogP) is 2.82. The quantitative estimate of drug-likeness (QED) is 0.829. The number of carbonyl (C=O) groups excluding carboxylic acids is 1. The van der Waals surface area contributed by atoms with E-state index in [4.69, 9.17) is 0 Å². The lowest BCUT2D eigenvalue weighted by molar-refractivity contribution is -0.400. The lowest BCUT2D eigenvalue weighted by Gasteiger charge is -2.41. The topological polar surface area (TPSA) is 65.8 Å². The highest BCUT2D eigenvalue weighted by molar-refractivity contribution is 5.97. The van der Waals surface area contributed by atoms with E-state index < -0.39 is 52.4 Å². The van der Waals surface area contributed by atoms with E-state index in [0.717, 1.165) is 31.5 Å². The third kappa shape index (κ3) is 2.73. The van der Waals surface area contributed by atoms with E-state index in [1.54, 1.807) is 0 Å². The van der Waals surface area contributed by atoms with Gasteiger partial charge < -0.3 is 5.11 Å². The van der Waals surface area contributed by atoms with Gasteiger partial charge in [0.25, 0.3) is 5.91 Å². The summed E-state index contributed by atoms with van der Waals surface area (Å²) >= 11 is 0. The first kappa shape index (κ1) is 19.1. The van der Waals surface area contributed by atoms with E-state index >= 15 is 0 Å². The zero-order valence-corrected chi connectivity index (χ0v) is 12.4. The maximum Gasteiger partial charge on any atom is 0.460 e. The Balaban J connectivity index is 2.53. The molecule has 1 N–H and O–H groups in total. The first-order chi connectivity index (χ1) is 11.3. The van der Waals surface area contributed by atoms with Crippen LogP contribution in [-0.2, 0) is 0 Å². The number of aromatic nitrogens is 1. The minimum atomic E-state index is -6.66. The molecule has 1 aliphatic heterocycles. The van der Waals surface area contributed by atoms with Gasteiger partial charge >= 0.3 is 18.0 Å². The van der Waals surface area contributed by atoms with Crippen LogP contribution < -0.4 is 0 Å². The van der Waals surface area contributed by atoms with Gasteiger partial charge in [0, 0.05) is 30.1 Å². The van der Waals surface area contributed by atoms with Gasteiger partial charge in [-0.25, -0.2) is 0 Å². The van der Waals surface area contributed by atoms with Gasteiger partial charge in [-0.05, 0) is 19.1 Å². The molecule has 0 saturated carbocycles. The van der Waals surface area contributed by atoms with Gasteiger partial charge in [0.1, 0.15) is 0 Å². The average Bonchev–Trinajstić information content (AvgIpc) is 2.82. The monoisotopic (exact) mass is 373 g/mol. The Morgan fingerprint density at radius 3 is 2.16 bits per heavy atom. The van der Waals surface area contributed by atoms with Gasteiger partial charge in [-0.1, -0.05) is 0 Å². The minimum absolute atomic E-state index is 0.391. The second-order valence-electron chi connectivity index (χ2n) is 5.33. The van der Waals surface area contributed by atoms with Crippen molar-refractivity contribution < 1.29 is 40.6 Å². The highest BCUT2D eigenvalue weighted by Crippen LogP contribution is 2.54. The molecule has 0 radical (unpaired) electrons. The van der Waals surface area contributed by atoms with Crippen LogP contribution in [0.3, 0.4) is 0 Å². The molecule has 0 aromatic carbocycles. The second-order valence-corrected chi connectivity index (χ2v) is 5.33. The Morgan fingerprint density at radius 2 is 1.68 bits per heavy atom. The normalized spacial score (nSPS) is 22.1. The van der Waals surface area contributed by atoms with Crippen molar-refractivity contribution in [1.82, 2.24) is 9.99 Å². The molecular weight excluding hydrogens is 363 g/mol. The third-order valence-corrected chi connectivity index (χ3v) is 3.50. The number of carbonyl (C=O) groups is 1. The van der Waals surface area contributed by atoms with Crippen molar-refractivity contribution >= 4 is 11.6 Å². The van der Waals surface area contributed by atoms with Crippen LogP contribution >= 0.6 is 0 Å². The molecule has 1 aliphatic rings. The molecule has 1 atom stereocenters. The Kier molecular flexibility index (Phi) is 4.31. The summed E-state index contributed by atoms with van der Waals surface area (Å²) in [6, 6.07) is 1.98. The van der Waals surface area contributed by atoms with E-state index in [2.05, 4.69) is 10.1 Å². The molecule has 1 aromatic heterocycles. The van der Waals surface area contributed by atoms with Crippen molar-refractivity contribution in [2.45, 2.75) is 37.1 Å². The molecule has 0 spiro atoms. The fourth-order valence-electron chi connectivity index (χ4n) is 2.22. The number of halogens is 7. The molecule has 1 aromatic rings. The summed E-state index contributed by atoms with van der Waals surface area (Å²) in [6.07, 6.45) is -5.93. The summed E-state index contributed by atoms with van der Waals surface area (Å²) < 4.78 is 92.1. The largest absolute Gasteiger partial charge is 0.460 e. The molecule has 2 rings (SSSR count). The van der Waals surface area contributed by atoms with Gasteiger partial charge in [-0.3, -0.25) is 9.78 Å². The van der Waals surface area contributed by atoms with Gasteiger partial charge in [-0.2, -0.15) is 40.8 Å². The molecule has 0 saturated heterocycles. The zero-order chi connectivity index (χ0) is 19.3. The van der Waals surface area contributed by atoms with Crippen molar-refractivity contribution in [3.63, 3.8) is 0 Å². The molecular formula is C13H10F7N3O2. The van der Waals surface area contributed by atoms with Crippen molar-refractivity contribution in [1.29, 1.82) is 0 Å². The number of nitrogens with zero attached hydrogens (tertiary/aromatic N) is 3. The molecule has 0 bridgehead atoms. The zero-order valence-electron chi connectivity index (χ0n) is 12.4. The number of amides is 1. The standard InChI is InChI=1S/C13H10F7N3O2/c1-7-6-10(25,11(14,15)12(16,17)13(18,19)20)23(22-7)9(24)8-2-4-21-5-3-8/h2-5,25H,6H2,1H3/t10-/m0/s1. The number of alkyl halides is 7. The van der Waals surface area contributed by atoms with E-state index in [-0.39, 0.29) is 0 Å². The predicted molar refractivity (Wildman–Crippen MR) is 69.0 cm³/mol. The number of aliphatic hydroxyl groups is 1. The number of rotatable bonds is 3. The van der Waals surface area contributed by atoms with E-state index in [9.17, 15) is 40.6 Å². The number of pyridine rings is 1. The summed E-state index contributed by atoms with van der Waals surface area (Å²) in [5.41, 5.74) is -5.02. The van der Waals surface area contributed by atoms with Crippen LogP contribution in [0.1, 0.15) is 23.7 Å². The van der Waals surface area contributed by atoms with Crippen LogP contribution in [0.2, 0.25) is 0 Å². The Bertz CT molecular complexity index is 705. The van der Waals surface area contributed by atoms with Crippen LogP contribution in [0.25, 0.3) is 0 Å². The smallest absolute Gasteiger partial charge is 0.364 e. The van der Waals surface area contributed by atoms with Crippen LogP contribution in [0.5, 0.6) is 0 Å². The maximum absolute atomic E-state index is 14.1. The summed E-state index contributed by atoms with van der Waals surface area (Å²) in [5, 5.41) is 12.8. The van der Waals surface area contributed by atoms with Gasteiger partial charge in [-0.15, -0.1) is 0 Å². The molecule has 12 heteroatoms. The van der Waals surface area contributed by atoms with Crippen molar-refractivity contribution in [3.8, 4) is 0 Å². The van der Waals surface area contributed by atoms with Crippen molar-refractivity contribution in [3.05, 3.63) is 30.1 Å². The van der Waals surface area contributed by atoms with E-state index in [1.165, 1.54) is 0 Å². The summed E-state index contributed by atoms with van der Waals surface area (Å²) in [5.74, 6) is -14.2. The van der Waals surface area contributed by atoms with Crippen molar-refractivity contribution in [2.75, 3.05) is 0 Å². The Morgan fingerprint density at radius 1 is 1.16 bits per heavy atom. The van der Waals surface area contributed by atoms with Crippen LogP contribution in [0.15, 0.2) is 29.6 Å². The average molecular weight is 373 g/mol. The van der Waals surface area contributed by atoms with Crippen LogP contribution in [-0.4, -0.2) is 50.5 Å². The summed E-state index contributed by atoms with van der Waals surface area (Å²) in [7, 11) is 0. The summed E-state index contributed by atoms with van der Waals surface area (Å²) in [4.78, 5) is 15.7. The minimum Gasteiger partial charge on any atom is -0.364 e. The number of hydrogen-bond acceptors (Lipinski definition) is 4. The van der Waals surface area contributed by atoms with Crippen LogP contribution in [0.4, 0.5) is 30.7 Å². The highest BCUT2D eigenvalue weighted by Gasteiger charge is 2.82. The number of hydrogen-bond donors (Lipinski definition) is 1. The molecule has 25 heavy (non-hydrogen) atoms. The molecule has 0 fully saturated rings. The lowest BCUT2D eigenvalue weighted by atomic mass is 9.93. The fraction of sp³-hybridized carbons (Fsp3) is 0.462. The second kappa shape index (κ2) is 5.64. The Labute approximate surface area is 135 Å². The molecule has 5 nitrogen and oxygen atoms in total. The van der Waals surface area contributed by atoms with Gasteiger partial charge in [0.2, 0.25) is 5.72 Å². The van der Waals surface area contributed by atoms with Gasteiger partial charge in [0.05, 0.1) is 0 Å². The molecule has 0 aliphatic carbocycles. The van der Waals surface area contributed by atoms with Crippen molar-refractivity contribution in [2.24, 2.45) is 5.10 Å². The summed E-state index contributed by atoms with van der Waals surface area (Å²) in [6.45, 7) is 0.993. The van der Waals surface area contributed by atoms with E-state index in [1.807, 2.05) is 0 Å². The molecule has 138 valence electrons. The SMILES string of the molecule is CC1=NN(C(=O)c2ccncc2)[C@@](O)(C(F)(F)C(F)(F)C(F)(F)F)C1. The highest BCUT2D eigenvalue weighted by atomic mass is 19.4. The number of hydrazone groups is 1. The Hall–Kier alpha value is -2.24. The van der Waals surface area contributed by atoms with E-state index in [0.29, 0.717) is 0 Å². The first-order valence-corrected chi connectivity index (χ1v) is 6.59. The molecule has 2 heterocycles.